The Morgan fingerprint density at radius 2 is 1.93 bits per heavy atom. The predicted molar refractivity (Wildman–Crippen MR) is 122 cm³/mol. The number of carbonyl (C=O) groups is 1. The van der Waals surface area contributed by atoms with Gasteiger partial charge in [-0.2, -0.15) is 0 Å². The number of ether oxygens (including phenoxy) is 4. The smallest absolute Gasteiger partial charge is 0.308 e. The van der Waals surface area contributed by atoms with Crippen LogP contribution in [0.3, 0.4) is 0 Å². The van der Waals surface area contributed by atoms with Crippen molar-refractivity contribution in [3.05, 3.63) is 53.1 Å². The molecule has 0 saturated carbocycles. The number of hydrogen-bond acceptors (Lipinski definition) is 7. The Morgan fingerprint density at radius 1 is 1.17 bits per heavy atom. The quantitative estimate of drug-likeness (QED) is 0.416. The van der Waals surface area contributed by atoms with Gasteiger partial charge in [0.1, 0.15) is 6.10 Å². The minimum absolute atomic E-state index is 0.0286. The van der Waals surface area contributed by atoms with Crippen LogP contribution in [0.2, 0.25) is 0 Å². The number of rotatable bonds is 11. The van der Waals surface area contributed by atoms with Gasteiger partial charge < -0.3 is 24.3 Å². The Labute approximate surface area is 183 Å². The standard InChI is InChI=1S/C23H29NO5S/c1-6-28-21(25)13-16(14-30)29-22(18-12-15(2)10-11-19(18)24-3)17-8-7-9-20(26-4)23(17)27-5/h7-12,14,16,22,24H,6,13H2,1-5H3/t16-,22-/m1/s1. The number of benzene rings is 2. The summed E-state index contributed by atoms with van der Waals surface area (Å²) < 4.78 is 22.6. The zero-order chi connectivity index (χ0) is 22.1. The zero-order valence-electron chi connectivity index (χ0n) is 18.1. The Balaban J connectivity index is 2.58. The van der Waals surface area contributed by atoms with E-state index in [1.165, 1.54) is 5.37 Å². The van der Waals surface area contributed by atoms with E-state index < -0.39 is 12.2 Å². The van der Waals surface area contributed by atoms with Crippen LogP contribution in [0.15, 0.2) is 36.4 Å². The van der Waals surface area contributed by atoms with Crippen LogP contribution in [0.4, 0.5) is 5.69 Å². The van der Waals surface area contributed by atoms with Gasteiger partial charge in [-0.05, 0) is 26.0 Å². The monoisotopic (exact) mass is 431 g/mol. The molecule has 2 atom stereocenters. The molecule has 0 aliphatic rings. The molecular weight excluding hydrogens is 402 g/mol. The summed E-state index contributed by atoms with van der Waals surface area (Å²) in [4.78, 5) is 12.0. The predicted octanol–water partition coefficient (Wildman–Crippen LogP) is 4.48. The summed E-state index contributed by atoms with van der Waals surface area (Å²) in [6, 6.07) is 11.7. The lowest BCUT2D eigenvalue weighted by Crippen LogP contribution is -2.24. The molecule has 0 heterocycles. The molecule has 0 bridgehead atoms. The average molecular weight is 432 g/mol. The summed E-state index contributed by atoms with van der Waals surface area (Å²) in [6.07, 6.45) is -1.15. The van der Waals surface area contributed by atoms with Gasteiger partial charge in [-0.25, -0.2) is 0 Å². The van der Waals surface area contributed by atoms with Crippen molar-refractivity contribution in [3.63, 3.8) is 0 Å². The number of methoxy groups -OCH3 is 2. The Bertz CT molecular complexity index is 871. The lowest BCUT2D eigenvalue weighted by Gasteiger charge is -2.27. The normalized spacial score (nSPS) is 12.6. The van der Waals surface area contributed by atoms with Crippen LogP contribution in [0.25, 0.3) is 0 Å². The molecule has 0 spiro atoms. The number of nitrogens with one attached hydrogen (secondary N) is 1. The molecular formula is C23H29NO5S. The van der Waals surface area contributed by atoms with E-state index in [2.05, 4.69) is 5.32 Å². The molecule has 0 saturated heterocycles. The van der Waals surface area contributed by atoms with Gasteiger partial charge in [-0.1, -0.05) is 42.0 Å². The fourth-order valence-corrected chi connectivity index (χ4v) is 3.41. The van der Waals surface area contributed by atoms with Gasteiger partial charge in [0.25, 0.3) is 0 Å². The molecule has 0 fully saturated rings. The number of aryl methyl sites for hydroxylation is 1. The SMILES string of the molecule is CCOC(=O)C[C@H](C=S)O[C@@H](c1cc(C)ccc1NC)c1cccc(OC)c1OC. The first-order chi connectivity index (χ1) is 14.5. The fraction of sp³-hybridized carbons (Fsp3) is 0.391. The van der Waals surface area contributed by atoms with Gasteiger partial charge in [0.15, 0.2) is 11.5 Å². The van der Waals surface area contributed by atoms with E-state index >= 15 is 0 Å². The highest BCUT2D eigenvalue weighted by Crippen LogP contribution is 2.41. The summed E-state index contributed by atoms with van der Waals surface area (Å²) in [7, 11) is 5.02. The van der Waals surface area contributed by atoms with Crippen molar-refractivity contribution in [2.45, 2.75) is 32.5 Å². The largest absolute Gasteiger partial charge is 0.493 e. The molecule has 1 N–H and O–H groups in total. The van der Waals surface area contributed by atoms with Gasteiger partial charge in [0.05, 0.1) is 33.4 Å². The van der Waals surface area contributed by atoms with Crippen LogP contribution < -0.4 is 14.8 Å². The van der Waals surface area contributed by atoms with Crippen molar-refractivity contribution in [1.82, 2.24) is 0 Å². The average Bonchev–Trinajstić information content (AvgIpc) is 2.76. The summed E-state index contributed by atoms with van der Waals surface area (Å²) in [5.74, 6) is 0.789. The first kappa shape index (κ1) is 23.6. The number of hydrogen-bond donors (Lipinski definition) is 1. The van der Waals surface area contributed by atoms with Crippen molar-refractivity contribution < 1.29 is 23.7 Å². The van der Waals surface area contributed by atoms with E-state index in [-0.39, 0.29) is 12.4 Å². The maximum absolute atomic E-state index is 12.0. The number of carbonyl (C=O) groups excluding carboxylic acids is 1. The fourth-order valence-electron chi connectivity index (χ4n) is 3.25. The highest BCUT2D eigenvalue weighted by Gasteiger charge is 2.27. The zero-order valence-corrected chi connectivity index (χ0v) is 18.9. The third-order valence-corrected chi connectivity index (χ3v) is 4.91. The minimum Gasteiger partial charge on any atom is -0.493 e. The second kappa shape index (κ2) is 11.5. The van der Waals surface area contributed by atoms with E-state index in [0.717, 1.165) is 22.4 Å². The third kappa shape index (κ3) is 5.70. The van der Waals surface area contributed by atoms with Crippen molar-refractivity contribution in [2.75, 3.05) is 33.2 Å². The molecule has 0 radical (unpaired) electrons. The van der Waals surface area contributed by atoms with Crippen LogP contribution >= 0.6 is 12.2 Å². The van der Waals surface area contributed by atoms with Gasteiger partial charge in [0, 0.05) is 29.2 Å². The molecule has 2 aromatic carbocycles. The molecule has 162 valence electrons. The number of esters is 1. The van der Waals surface area contributed by atoms with Crippen LogP contribution in [0.1, 0.15) is 36.1 Å². The Hall–Kier alpha value is -2.64. The van der Waals surface area contributed by atoms with Gasteiger partial charge in [-0.3, -0.25) is 4.79 Å². The van der Waals surface area contributed by atoms with Crippen molar-refractivity contribution in [3.8, 4) is 11.5 Å². The van der Waals surface area contributed by atoms with Crippen LogP contribution in [-0.4, -0.2) is 45.3 Å². The highest BCUT2D eigenvalue weighted by molar-refractivity contribution is 7.79. The van der Waals surface area contributed by atoms with E-state index in [0.29, 0.717) is 18.1 Å². The van der Waals surface area contributed by atoms with Crippen LogP contribution in [0, 0.1) is 6.92 Å². The third-order valence-electron chi connectivity index (χ3n) is 4.61. The van der Waals surface area contributed by atoms with Gasteiger partial charge in [0.2, 0.25) is 0 Å². The minimum atomic E-state index is -0.620. The van der Waals surface area contributed by atoms with E-state index in [1.807, 2.05) is 50.4 Å². The molecule has 0 unspecified atom stereocenters. The van der Waals surface area contributed by atoms with Gasteiger partial charge in [-0.15, -0.1) is 0 Å². The first-order valence-electron chi connectivity index (χ1n) is 9.74. The Morgan fingerprint density at radius 3 is 2.53 bits per heavy atom. The van der Waals surface area contributed by atoms with E-state index in [9.17, 15) is 4.79 Å². The lowest BCUT2D eigenvalue weighted by atomic mass is 9.96. The van der Waals surface area contributed by atoms with Crippen molar-refractivity contribution >= 4 is 29.2 Å². The highest BCUT2D eigenvalue weighted by atomic mass is 32.1. The lowest BCUT2D eigenvalue weighted by molar-refractivity contribution is -0.145. The molecule has 0 aliphatic carbocycles. The van der Waals surface area contributed by atoms with Gasteiger partial charge >= 0.3 is 5.97 Å². The van der Waals surface area contributed by atoms with Crippen molar-refractivity contribution in [1.29, 1.82) is 0 Å². The Kier molecular flexibility index (Phi) is 9.08. The topological polar surface area (TPSA) is 66.0 Å². The maximum Gasteiger partial charge on any atom is 0.308 e. The van der Waals surface area contributed by atoms with E-state index in [1.54, 1.807) is 21.1 Å². The second-order valence-corrected chi connectivity index (χ2v) is 6.90. The number of para-hydroxylation sites is 1. The molecule has 2 rings (SSSR count). The number of anilines is 1. The molecule has 0 aliphatic heterocycles. The van der Waals surface area contributed by atoms with E-state index in [4.69, 9.17) is 31.2 Å². The summed E-state index contributed by atoms with van der Waals surface area (Å²) in [5.41, 5.74) is 3.64. The second-order valence-electron chi connectivity index (χ2n) is 6.62. The molecule has 0 amide bonds. The van der Waals surface area contributed by atoms with Crippen LogP contribution in [-0.2, 0) is 14.3 Å². The summed E-state index contributed by atoms with van der Waals surface area (Å²) in [6.45, 7) is 4.08. The molecule has 6 nitrogen and oxygen atoms in total. The number of thiocarbonyl (C=S) groups is 1. The molecule has 30 heavy (non-hydrogen) atoms. The van der Waals surface area contributed by atoms with Crippen molar-refractivity contribution in [2.24, 2.45) is 0 Å². The van der Waals surface area contributed by atoms with Crippen LogP contribution in [0.5, 0.6) is 11.5 Å². The maximum atomic E-state index is 12.0. The molecule has 7 heteroatoms. The summed E-state index contributed by atoms with van der Waals surface area (Å²) >= 11 is 5.16. The molecule has 0 aromatic heterocycles. The summed E-state index contributed by atoms with van der Waals surface area (Å²) in [5, 5.41) is 4.66. The molecule has 2 aromatic rings. The first-order valence-corrected chi connectivity index (χ1v) is 10.2.